The Hall–Kier alpha value is -0.970. The molecule has 1 amide bonds. The van der Waals surface area contributed by atoms with Crippen LogP contribution >= 0.6 is 11.6 Å². The van der Waals surface area contributed by atoms with Crippen LogP contribution in [0.1, 0.15) is 46.5 Å². The topological polar surface area (TPSA) is 55.8 Å². The minimum absolute atomic E-state index is 0.0801. The molecular weight excluding hydrogens is 282 g/mol. The number of carbonyl (C=O) groups is 2. The third-order valence-corrected chi connectivity index (χ3v) is 3.98. The van der Waals surface area contributed by atoms with E-state index in [0.717, 1.165) is 12.8 Å². The number of amides is 1. The van der Waals surface area contributed by atoms with Crippen molar-refractivity contribution in [3.8, 4) is 0 Å². The number of alkyl halides is 1. The molecule has 0 aromatic carbocycles. The molecule has 0 aromatic rings. The fraction of sp³-hybridized carbons (Fsp3) is 0.857. The number of rotatable bonds is 2. The Kier molecular flexibility index (Phi) is 4.47. The third kappa shape index (κ3) is 3.37. The van der Waals surface area contributed by atoms with Crippen LogP contribution in [0, 0.1) is 5.92 Å². The molecule has 0 radical (unpaired) electrons. The van der Waals surface area contributed by atoms with Gasteiger partial charge in [-0.25, -0.2) is 4.79 Å². The van der Waals surface area contributed by atoms with Gasteiger partial charge in [0.2, 0.25) is 0 Å². The van der Waals surface area contributed by atoms with Gasteiger partial charge in [-0.2, -0.15) is 0 Å². The molecule has 0 saturated carbocycles. The summed E-state index contributed by atoms with van der Waals surface area (Å²) < 4.78 is 10.3. The van der Waals surface area contributed by atoms with Gasteiger partial charge in [-0.3, -0.25) is 4.79 Å². The van der Waals surface area contributed by atoms with Gasteiger partial charge in [0.1, 0.15) is 5.60 Å². The first-order chi connectivity index (χ1) is 9.31. The van der Waals surface area contributed by atoms with E-state index >= 15 is 0 Å². The summed E-state index contributed by atoms with van der Waals surface area (Å²) >= 11 is 5.43. The Bertz CT molecular complexity index is 379. The molecule has 0 N–H and O–H groups in total. The number of esters is 1. The maximum Gasteiger partial charge on any atom is 0.410 e. The second-order valence-corrected chi connectivity index (χ2v) is 6.73. The second-order valence-electron chi connectivity index (χ2n) is 6.51. The lowest BCUT2D eigenvalue weighted by atomic mass is 9.91. The van der Waals surface area contributed by atoms with Crippen molar-refractivity contribution in [2.45, 2.75) is 64.1 Å². The van der Waals surface area contributed by atoms with Crippen molar-refractivity contribution >= 4 is 23.7 Å². The average molecular weight is 304 g/mol. The summed E-state index contributed by atoms with van der Waals surface area (Å²) in [7, 11) is 0. The van der Waals surface area contributed by atoms with Gasteiger partial charge in [0.25, 0.3) is 0 Å². The van der Waals surface area contributed by atoms with Crippen LogP contribution in [-0.2, 0) is 14.3 Å². The van der Waals surface area contributed by atoms with Crippen molar-refractivity contribution in [3.63, 3.8) is 0 Å². The maximum absolute atomic E-state index is 12.2. The normalized spacial score (nSPS) is 29.2. The van der Waals surface area contributed by atoms with E-state index in [2.05, 4.69) is 0 Å². The van der Waals surface area contributed by atoms with Gasteiger partial charge in [-0.1, -0.05) is 11.6 Å². The lowest BCUT2D eigenvalue weighted by Crippen LogP contribution is -2.49. The zero-order chi connectivity index (χ0) is 14.9. The van der Waals surface area contributed by atoms with E-state index < -0.39 is 5.60 Å². The predicted molar refractivity (Wildman–Crippen MR) is 74.4 cm³/mol. The van der Waals surface area contributed by atoms with Crippen molar-refractivity contribution in [2.24, 2.45) is 5.92 Å². The Balaban J connectivity index is 2.00. The molecule has 20 heavy (non-hydrogen) atoms. The molecule has 2 unspecified atom stereocenters. The molecule has 2 heterocycles. The molecule has 114 valence electrons. The van der Waals surface area contributed by atoms with E-state index in [-0.39, 0.29) is 36.1 Å². The highest BCUT2D eigenvalue weighted by Gasteiger charge is 2.46. The molecule has 2 aliphatic rings. The van der Waals surface area contributed by atoms with Crippen molar-refractivity contribution in [2.75, 3.05) is 6.07 Å². The molecule has 5 nitrogen and oxygen atoms in total. The summed E-state index contributed by atoms with van der Waals surface area (Å²) in [5.74, 6) is -0.398. The average Bonchev–Trinajstić information content (AvgIpc) is 2.58. The van der Waals surface area contributed by atoms with E-state index in [9.17, 15) is 9.59 Å². The first-order valence-corrected chi connectivity index (χ1v) is 7.59. The maximum atomic E-state index is 12.2. The van der Waals surface area contributed by atoms with Gasteiger partial charge >= 0.3 is 12.1 Å². The summed E-state index contributed by atoms with van der Waals surface area (Å²) in [6.45, 7) is 5.58. The van der Waals surface area contributed by atoms with Gasteiger partial charge in [0.15, 0.2) is 6.07 Å². The number of piperidine rings is 1. The Morgan fingerprint density at radius 1 is 1.20 bits per heavy atom. The van der Waals surface area contributed by atoms with Gasteiger partial charge in [-0.15, -0.1) is 0 Å². The molecule has 2 saturated heterocycles. The number of ether oxygens (including phenoxy) is 2. The fourth-order valence-electron chi connectivity index (χ4n) is 3.15. The van der Waals surface area contributed by atoms with Crippen LogP contribution in [-0.4, -0.2) is 40.7 Å². The summed E-state index contributed by atoms with van der Waals surface area (Å²) in [4.78, 5) is 25.8. The van der Waals surface area contributed by atoms with E-state index in [4.69, 9.17) is 21.1 Å². The van der Waals surface area contributed by atoms with Crippen molar-refractivity contribution < 1.29 is 19.1 Å². The second kappa shape index (κ2) is 5.80. The van der Waals surface area contributed by atoms with Crippen LogP contribution in [0.2, 0.25) is 0 Å². The first-order valence-electron chi connectivity index (χ1n) is 7.05. The van der Waals surface area contributed by atoms with Gasteiger partial charge < -0.3 is 14.4 Å². The zero-order valence-electron chi connectivity index (χ0n) is 12.2. The molecular formula is C14H22ClNO4. The zero-order valence-corrected chi connectivity index (χ0v) is 13.0. The number of hydrogen-bond acceptors (Lipinski definition) is 4. The van der Waals surface area contributed by atoms with Gasteiger partial charge in [0, 0.05) is 12.1 Å². The number of nitrogens with zero attached hydrogens (tertiary/aromatic N) is 1. The van der Waals surface area contributed by atoms with Crippen molar-refractivity contribution in [1.29, 1.82) is 0 Å². The van der Waals surface area contributed by atoms with Crippen LogP contribution < -0.4 is 0 Å². The number of hydrogen-bond donors (Lipinski definition) is 0. The Morgan fingerprint density at radius 2 is 1.75 bits per heavy atom. The molecule has 2 rings (SSSR count). The monoisotopic (exact) mass is 303 g/mol. The Labute approximate surface area is 124 Å². The van der Waals surface area contributed by atoms with E-state index in [0.29, 0.717) is 12.8 Å². The van der Waals surface area contributed by atoms with Gasteiger partial charge in [0.05, 0.1) is 5.92 Å². The summed E-state index contributed by atoms with van der Waals surface area (Å²) in [6.07, 6.45) is 2.87. The minimum Gasteiger partial charge on any atom is -0.449 e. The molecule has 2 bridgehead atoms. The lowest BCUT2D eigenvalue weighted by molar-refractivity contribution is -0.149. The highest BCUT2D eigenvalue weighted by molar-refractivity contribution is 6.17. The number of fused-ring (bicyclic) bond motifs is 2. The number of carbonyl (C=O) groups excluding carboxylic acids is 2. The standard InChI is InChI=1S/C14H22ClNO4/c1-14(2,3)20-13(18)16-10-4-5-11(16)7-9(6-10)12(17)19-8-15/h9-11H,4-8H2,1-3H3. The molecule has 6 heteroatoms. The molecule has 2 fully saturated rings. The number of halogens is 1. The molecule has 0 aliphatic carbocycles. The fourth-order valence-corrected chi connectivity index (χ4v) is 3.26. The van der Waals surface area contributed by atoms with E-state index in [1.165, 1.54) is 0 Å². The van der Waals surface area contributed by atoms with Crippen LogP contribution in [0.25, 0.3) is 0 Å². The van der Waals surface area contributed by atoms with Crippen LogP contribution in [0.4, 0.5) is 4.79 Å². The van der Waals surface area contributed by atoms with Crippen molar-refractivity contribution in [1.82, 2.24) is 4.90 Å². The quantitative estimate of drug-likeness (QED) is 0.581. The Morgan fingerprint density at radius 3 is 2.20 bits per heavy atom. The summed E-state index contributed by atoms with van der Waals surface area (Å²) in [5, 5.41) is 0. The highest BCUT2D eigenvalue weighted by Crippen LogP contribution is 2.39. The smallest absolute Gasteiger partial charge is 0.410 e. The van der Waals surface area contributed by atoms with Crippen LogP contribution in [0.3, 0.4) is 0 Å². The van der Waals surface area contributed by atoms with Crippen LogP contribution in [0.5, 0.6) is 0 Å². The minimum atomic E-state index is -0.495. The summed E-state index contributed by atoms with van der Waals surface area (Å²) in [6, 6.07) is 0.0495. The highest BCUT2D eigenvalue weighted by atomic mass is 35.5. The van der Waals surface area contributed by atoms with Crippen molar-refractivity contribution in [3.05, 3.63) is 0 Å². The SMILES string of the molecule is CC(C)(C)OC(=O)N1C2CCC1CC(C(=O)OCCl)C2. The summed E-state index contributed by atoms with van der Waals surface area (Å²) in [5.41, 5.74) is -0.495. The van der Waals surface area contributed by atoms with E-state index in [1.54, 1.807) is 0 Å². The first kappa shape index (κ1) is 15.4. The van der Waals surface area contributed by atoms with E-state index in [1.807, 2.05) is 25.7 Å². The van der Waals surface area contributed by atoms with Gasteiger partial charge in [-0.05, 0) is 46.5 Å². The van der Waals surface area contributed by atoms with Crippen LogP contribution in [0.15, 0.2) is 0 Å². The molecule has 2 atom stereocenters. The third-order valence-electron chi connectivity index (χ3n) is 3.87. The molecule has 0 aromatic heterocycles. The lowest BCUT2D eigenvalue weighted by Gasteiger charge is -2.38. The molecule has 2 aliphatic heterocycles. The predicted octanol–water partition coefficient (Wildman–Crippen LogP) is 2.90. The largest absolute Gasteiger partial charge is 0.449 e. The molecule has 0 spiro atoms.